The highest BCUT2D eigenvalue weighted by atomic mass is 32.2. The highest BCUT2D eigenvalue weighted by Gasteiger charge is 2.21. The number of rotatable bonds is 8. The molecule has 0 spiro atoms. The Morgan fingerprint density at radius 1 is 0.919 bits per heavy atom. The van der Waals surface area contributed by atoms with Gasteiger partial charge in [-0.2, -0.15) is 5.10 Å². The number of aromatic hydroxyl groups is 1. The zero-order valence-electron chi connectivity index (χ0n) is 20.4. The summed E-state index contributed by atoms with van der Waals surface area (Å²) in [5, 5.41) is 15.1. The number of nitrogens with zero attached hydrogens (tertiary/aromatic N) is 5. The summed E-state index contributed by atoms with van der Waals surface area (Å²) in [6.45, 7) is 0.896. The van der Waals surface area contributed by atoms with Crippen LogP contribution in [0.1, 0.15) is 0 Å². The van der Waals surface area contributed by atoms with Crippen LogP contribution in [0.4, 0.5) is 0 Å². The lowest BCUT2D eigenvalue weighted by molar-refractivity contribution is 0.412. The summed E-state index contributed by atoms with van der Waals surface area (Å²) in [4.78, 5) is 10.8. The van der Waals surface area contributed by atoms with Crippen LogP contribution in [0.3, 0.4) is 0 Å². The van der Waals surface area contributed by atoms with Gasteiger partial charge in [0.05, 0.1) is 16.2 Å². The Labute approximate surface area is 215 Å². The fraction of sp³-hybridized carbons (Fsp3) is 0.148. The van der Waals surface area contributed by atoms with E-state index in [0.29, 0.717) is 35.7 Å². The highest BCUT2D eigenvalue weighted by molar-refractivity contribution is 7.89. The highest BCUT2D eigenvalue weighted by Crippen LogP contribution is 2.37. The number of hydrogen-bond donors (Lipinski definition) is 2. The molecular formula is C27H26N6O3S. The number of fused-ring (bicyclic) bond motifs is 1. The standard InChI is InChI=1S/C27H26N6O3S/c1-32(2)16-15-30-37(35,36)23-8-4-5-20(18-23)24-11-14-29-27-25(21-6-3-7-22(34)17-21)26(31-33(24)27)19-9-12-28-13-10-19/h3-14,17-18,30,34H,15-16H2,1-2H3. The number of nitrogens with one attached hydrogen (secondary N) is 1. The second-order valence-corrected chi connectivity index (χ2v) is 10.6. The Balaban J connectivity index is 1.66. The Morgan fingerprint density at radius 3 is 2.43 bits per heavy atom. The first-order valence-electron chi connectivity index (χ1n) is 11.7. The number of benzene rings is 2. The minimum absolute atomic E-state index is 0.133. The van der Waals surface area contributed by atoms with E-state index in [2.05, 4.69) is 14.7 Å². The topological polar surface area (TPSA) is 113 Å². The molecule has 0 bridgehead atoms. The zero-order chi connectivity index (χ0) is 26.0. The van der Waals surface area contributed by atoms with Gasteiger partial charge < -0.3 is 10.0 Å². The normalized spacial score (nSPS) is 11.9. The van der Waals surface area contributed by atoms with Crippen LogP contribution in [0.2, 0.25) is 0 Å². The number of likely N-dealkylation sites (N-methyl/N-ethyl adjacent to an activating group) is 1. The Hall–Kier alpha value is -4.12. The number of sulfonamides is 1. The minimum Gasteiger partial charge on any atom is -0.508 e. The maximum atomic E-state index is 12.9. The lowest BCUT2D eigenvalue weighted by Crippen LogP contribution is -2.31. The van der Waals surface area contributed by atoms with Crippen molar-refractivity contribution in [1.29, 1.82) is 0 Å². The van der Waals surface area contributed by atoms with Crippen molar-refractivity contribution in [3.8, 4) is 39.4 Å². The molecular weight excluding hydrogens is 488 g/mol. The van der Waals surface area contributed by atoms with E-state index in [-0.39, 0.29) is 10.6 Å². The predicted molar refractivity (Wildman–Crippen MR) is 142 cm³/mol. The molecule has 0 unspecified atom stereocenters. The van der Waals surface area contributed by atoms with E-state index >= 15 is 0 Å². The monoisotopic (exact) mass is 514 g/mol. The molecule has 0 amide bonds. The summed E-state index contributed by atoms with van der Waals surface area (Å²) in [6.07, 6.45) is 5.06. The van der Waals surface area contributed by atoms with Crippen LogP contribution in [0, 0.1) is 0 Å². The number of phenolic OH excluding ortho intramolecular Hbond substituents is 1. The lowest BCUT2D eigenvalue weighted by atomic mass is 10.0. The Kier molecular flexibility index (Phi) is 6.70. The summed E-state index contributed by atoms with van der Waals surface area (Å²) >= 11 is 0. The molecule has 2 aromatic carbocycles. The van der Waals surface area contributed by atoms with Crippen molar-refractivity contribution in [3.05, 3.63) is 85.3 Å². The van der Waals surface area contributed by atoms with Crippen molar-refractivity contribution >= 4 is 15.7 Å². The van der Waals surface area contributed by atoms with E-state index in [9.17, 15) is 13.5 Å². The molecule has 0 saturated carbocycles. The number of aromatic nitrogens is 4. The molecule has 2 N–H and O–H groups in total. The van der Waals surface area contributed by atoms with Gasteiger partial charge in [-0.3, -0.25) is 4.98 Å². The quantitative estimate of drug-likeness (QED) is 0.325. The lowest BCUT2D eigenvalue weighted by Gasteiger charge is -2.12. The van der Waals surface area contributed by atoms with Crippen molar-refractivity contribution < 1.29 is 13.5 Å². The number of pyridine rings is 1. The first kappa shape index (κ1) is 24.6. The van der Waals surface area contributed by atoms with Crippen LogP contribution in [0.25, 0.3) is 39.3 Å². The van der Waals surface area contributed by atoms with E-state index in [4.69, 9.17) is 5.10 Å². The minimum atomic E-state index is -3.69. The van der Waals surface area contributed by atoms with E-state index in [1.54, 1.807) is 65.6 Å². The van der Waals surface area contributed by atoms with Crippen molar-refractivity contribution in [2.24, 2.45) is 0 Å². The largest absolute Gasteiger partial charge is 0.508 e. The summed E-state index contributed by atoms with van der Waals surface area (Å²) in [6, 6.07) is 19.2. The molecule has 188 valence electrons. The second-order valence-electron chi connectivity index (χ2n) is 8.80. The smallest absolute Gasteiger partial charge is 0.240 e. The molecule has 5 aromatic rings. The molecule has 37 heavy (non-hydrogen) atoms. The summed E-state index contributed by atoms with van der Waals surface area (Å²) in [5.41, 5.74) is 4.94. The molecule has 3 aromatic heterocycles. The van der Waals surface area contributed by atoms with Gasteiger partial charge in [-0.05, 0) is 62.1 Å². The van der Waals surface area contributed by atoms with Crippen molar-refractivity contribution in [2.75, 3.05) is 27.2 Å². The summed E-state index contributed by atoms with van der Waals surface area (Å²) in [5.74, 6) is 0.133. The van der Waals surface area contributed by atoms with Gasteiger partial charge in [-0.25, -0.2) is 22.6 Å². The van der Waals surface area contributed by atoms with E-state index in [1.165, 1.54) is 0 Å². The van der Waals surface area contributed by atoms with E-state index in [0.717, 1.165) is 16.7 Å². The SMILES string of the molecule is CN(C)CCNS(=O)(=O)c1cccc(-c2ccnc3c(-c4cccc(O)c4)c(-c4ccncc4)nn23)c1. The third-order valence-corrected chi connectivity index (χ3v) is 7.36. The van der Waals surface area contributed by atoms with Gasteiger partial charge in [0.2, 0.25) is 10.0 Å². The van der Waals surface area contributed by atoms with Gasteiger partial charge in [0.15, 0.2) is 5.65 Å². The molecule has 0 aliphatic heterocycles. The summed E-state index contributed by atoms with van der Waals surface area (Å²) in [7, 11) is 0.0856. The van der Waals surface area contributed by atoms with Crippen LogP contribution in [-0.4, -0.2) is 65.2 Å². The third kappa shape index (κ3) is 5.08. The van der Waals surface area contributed by atoms with Crippen LogP contribution < -0.4 is 4.72 Å². The van der Waals surface area contributed by atoms with Gasteiger partial charge in [0.25, 0.3) is 0 Å². The summed E-state index contributed by atoms with van der Waals surface area (Å²) < 4.78 is 30.2. The molecule has 0 aliphatic rings. The fourth-order valence-corrected chi connectivity index (χ4v) is 5.18. The van der Waals surface area contributed by atoms with Crippen molar-refractivity contribution in [1.82, 2.24) is 29.2 Å². The predicted octanol–water partition coefficient (Wildman–Crippen LogP) is 3.67. The van der Waals surface area contributed by atoms with Crippen LogP contribution in [0.15, 0.2) is 90.2 Å². The fourth-order valence-electron chi connectivity index (χ4n) is 4.11. The molecule has 5 rings (SSSR count). The maximum absolute atomic E-state index is 12.9. The first-order chi connectivity index (χ1) is 17.8. The average Bonchev–Trinajstić information content (AvgIpc) is 3.29. The van der Waals surface area contributed by atoms with Gasteiger partial charge in [-0.15, -0.1) is 0 Å². The van der Waals surface area contributed by atoms with E-state index in [1.807, 2.05) is 43.3 Å². The zero-order valence-corrected chi connectivity index (χ0v) is 21.2. The van der Waals surface area contributed by atoms with Crippen LogP contribution >= 0.6 is 0 Å². The molecule has 0 fully saturated rings. The molecule has 3 heterocycles. The van der Waals surface area contributed by atoms with Crippen LogP contribution in [-0.2, 0) is 10.0 Å². The average molecular weight is 515 g/mol. The Bertz CT molecular complexity index is 1670. The van der Waals surface area contributed by atoms with Crippen molar-refractivity contribution in [3.63, 3.8) is 0 Å². The van der Waals surface area contributed by atoms with Gasteiger partial charge >= 0.3 is 0 Å². The van der Waals surface area contributed by atoms with E-state index < -0.39 is 10.0 Å². The molecule has 0 atom stereocenters. The molecule has 0 aliphatic carbocycles. The number of hydrogen-bond acceptors (Lipinski definition) is 7. The molecule has 0 saturated heterocycles. The molecule has 0 radical (unpaired) electrons. The van der Waals surface area contributed by atoms with Crippen molar-refractivity contribution in [2.45, 2.75) is 4.90 Å². The van der Waals surface area contributed by atoms with Gasteiger partial charge in [-0.1, -0.05) is 24.3 Å². The second kappa shape index (κ2) is 10.1. The third-order valence-electron chi connectivity index (χ3n) is 5.90. The van der Waals surface area contributed by atoms with Gasteiger partial charge in [0, 0.05) is 42.8 Å². The number of phenols is 1. The maximum Gasteiger partial charge on any atom is 0.240 e. The Morgan fingerprint density at radius 2 is 1.68 bits per heavy atom. The molecule has 9 nitrogen and oxygen atoms in total. The first-order valence-corrected chi connectivity index (χ1v) is 13.1. The van der Waals surface area contributed by atoms with Gasteiger partial charge in [0.1, 0.15) is 11.4 Å². The molecule has 10 heteroatoms. The van der Waals surface area contributed by atoms with Crippen LogP contribution in [0.5, 0.6) is 5.75 Å².